The van der Waals surface area contributed by atoms with Gasteiger partial charge in [-0.15, -0.1) is 0 Å². The molecular weight excluding hydrogens is 278 g/mol. The number of rotatable bonds is 3. The minimum atomic E-state index is -0.635. The van der Waals surface area contributed by atoms with Gasteiger partial charge in [0.15, 0.2) is 0 Å². The maximum Gasteiger partial charge on any atom is 0.255 e. The first kappa shape index (κ1) is 14.0. The number of amides is 2. The third-order valence-corrected chi connectivity index (χ3v) is 3.18. The Labute approximate surface area is 120 Å². The second-order valence-corrected chi connectivity index (χ2v) is 4.61. The second-order valence-electron chi connectivity index (χ2n) is 4.20. The summed E-state index contributed by atoms with van der Waals surface area (Å²) in [7, 11) is 0. The first-order chi connectivity index (χ1) is 9.49. The van der Waals surface area contributed by atoms with E-state index in [0.29, 0.717) is 10.6 Å². The van der Waals surface area contributed by atoms with E-state index in [1.165, 1.54) is 18.5 Å². The molecule has 3 N–H and O–H groups in total. The Morgan fingerprint density at radius 1 is 1.30 bits per heavy atom. The number of hydrogen-bond donors (Lipinski definition) is 2. The molecule has 1 aromatic heterocycles. The molecule has 0 saturated heterocycles. The Morgan fingerprint density at radius 3 is 2.70 bits per heavy atom. The Kier molecular flexibility index (Phi) is 4.00. The Bertz CT molecular complexity index is 686. The minimum absolute atomic E-state index is 0.201. The number of primary amides is 1. The molecule has 5 nitrogen and oxygen atoms in total. The van der Waals surface area contributed by atoms with E-state index < -0.39 is 5.91 Å². The van der Waals surface area contributed by atoms with Gasteiger partial charge >= 0.3 is 0 Å². The summed E-state index contributed by atoms with van der Waals surface area (Å²) < 4.78 is 0. The molecule has 2 amide bonds. The van der Waals surface area contributed by atoms with E-state index >= 15 is 0 Å². The van der Waals surface area contributed by atoms with Crippen molar-refractivity contribution in [3.8, 4) is 0 Å². The summed E-state index contributed by atoms with van der Waals surface area (Å²) >= 11 is 5.98. The summed E-state index contributed by atoms with van der Waals surface area (Å²) in [6.07, 6.45) is 2.80. The van der Waals surface area contributed by atoms with Gasteiger partial charge in [-0.3, -0.25) is 14.6 Å². The Hall–Kier alpha value is -2.40. The van der Waals surface area contributed by atoms with E-state index in [4.69, 9.17) is 17.3 Å². The van der Waals surface area contributed by atoms with Gasteiger partial charge in [-0.05, 0) is 30.7 Å². The van der Waals surface area contributed by atoms with E-state index in [2.05, 4.69) is 10.3 Å². The molecule has 0 bridgehead atoms. The maximum atomic E-state index is 12.1. The first-order valence-corrected chi connectivity index (χ1v) is 6.18. The summed E-state index contributed by atoms with van der Waals surface area (Å²) in [5.41, 5.74) is 6.97. The van der Waals surface area contributed by atoms with Crippen molar-refractivity contribution >= 4 is 29.1 Å². The van der Waals surface area contributed by atoms with Crippen molar-refractivity contribution < 1.29 is 9.59 Å². The van der Waals surface area contributed by atoms with Crippen LogP contribution in [0.4, 0.5) is 5.69 Å². The van der Waals surface area contributed by atoms with Crippen LogP contribution in [0.1, 0.15) is 26.3 Å². The van der Waals surface area contributed by atoms with Crippen LogP contribution >= 0.6 is 11.6 Å². The normalized spacial score (nSPS) is 10.1. The average molecular weight is 290 g/mol. The number of pyridine rings is 1. The van der Waals surface area contributed by atoms with Crippen LogP contribution in [0.5, 0.6) is 0 Å². The van der Waals surface area contributed by atoms with Crippen molar-refractivity contribution in [1.29, 1.82) is 0 Å². The summed E-state index contributed by atoms with van der Waals surface area (Å²) in [4.78, 5) is 27.2. The third-order valence-electron chi connectivity index (χ3n) is 2.77. The highest BCUT2D eigenvalue weighted by molar-refractivity contribution is 6.31. The summed E-state index contributed by atoms with van der Waals surface area (Å²) in [5.74, 6) is -1.02. The number of aromatic nitrogens is 1. The molecule has 2 rings (SSSR count). The van der Waals surface area contributed by atoms with Crippen LogP contribution in [0.3, 0.4) is 0 Å². The predicted molar refractivity (Wildman–Crippen MR) is 76.9 cm³/mol. The van der Waals surface area contributed by atoms with Gasteiger partial charge < -0.3 is 11.1 Å². The van der Waals surface area contributed by atoms with Gasteiger partial charge in [0, 0.05) is 16.8 Å². The molecule has 102 valence electrons. The Morgan fingerprint density at radius 2 is 2.05 bits per heavy atom. The molecule has 1 aromatic carbocycles. The molecule has 6 heteroatoms. The lowest BCUT2D eigenvalue weighted by molar-refractivity contribution is 0.100. The van der Waals surface area contributed by atoms with Crippen LogP contribution in [-0.2, 0) is 0 Å². The number of nitrogens with one attached hydrogen (secondary N) is 1. The monoisotopic (exact) mass is 289 g/mol. The zero-order valence-electron chi connectivity index (χ0n) is 10.7. The van der Waals surface area contributed by atoms with Crippen LogP contribution in [0.2, 0.25) is 5.02 Å². The lowest BCUT2D eigenvalue weighted by Gasteiger charge is -2.09. The van der Waals surface area contributed by atoms with Crippen molar-refractivity contribution in [2.45, 2.75) is 6.92 Å². The van der Waals surface area contributed by atoms with Crippen molar-refractivity contribution in [2.75, 3.05) is 5.32 Å². The quantitative estimate of drug-likeness (QED) is 0.910. The number of anilines is 1. The zero-order valence-corrected chi connectivity index (χ0v) is 11.4. The SMILES string of the molecule is Cc1ccc(C(=O)Nc2cnccc2C(N)=O)cc1Cl. The Balaban J connectivity index is 2.28. The van der Waals surface area contributed by atoms with Crippen LogP contribution in [0, 0.1) is 6.92 Å². The van der Waals surface area contributed by atoms with Crippen molar-refractivity contribution in [1.82, 2.24) is 4.98 Å². The third kappa shape index (κ3) is 2.95. The number of halogens is 1. The maximum absolute atomic E-state index is 12.1. The van der Waals surface area contributed by atoms with E-state index in [1.54, 1.807) is 18.2 Å². The fourth-order valence-corrected chi connectivity index (χ4v) is 1.82. The highest BCUT2D eigenvalue weighted by atomic mass is 35.5. The lowest BCUT2D eigenvalue weighted by Crippen LogP contribution is -2.18. The number of nitrogens with zero attached hydrogens (tertiary/aromatic N) is 1. The van der Waals surface area contributed by atoms with Gasteiger partial charge in [0.25, 0.3) is 11.8 Å². The van der Waals surface area contributed by atoms with Crippen LogP contribution < -0.4 is 11.1 Å². The molecule has 0 spiro atoms. The summed E-state index contributed by atoms with van der Waals surface area (Å²) in [6.45, 7) is 1.84. The molecule has 0 aliphatic rings. The smallest absolute Gasteiger partial charge is 0.255 e. The molecule has 0 unspecified atom stereocenters. The summed E-state index contributed by atoms with van der Waals surface area (Å²) in [6, 6.07) is 6.40. The molecular formula is C14H12ClN3O2. The van der Waals surface area contributed by atoms with E-state index in [0.717, 1.165) is 5.56 Å². The van der Waals surface area contributed by atoms with Gasteiger partial charge in [0.2, 0.25) is 0 Å². The fourth-order valence-electron chi connectivity index (χ4n) is 1.64. The van der Waals surface area contributed by atoms with Crippen LogP contribution in [0.15, 0.2) is 36.7 Å². The van der Waals surface area contributed by atoms with Crippen molar-refractivity contribution in [2.24, 2.45) is 5.73 Å². The topological polar surface area (TPSA) is 85.1 Å². The number of aryl methyl sites for hydroxylation is 1. The minimum Gasteiger partial charge on any atom is -0.366 e. The molecule has 0 aliphatic heterocycles. The highest BCUT2D eigenvalue weighted by Gasteiger charge is 2.13. The van der Waals surface area contributed by atoms with Gasteiger partial charge in [-0.1, -0.05) is 17.7 Å². The fraction of sp³-hybridized carbons (Fsp3) is 0.0714. The van der Waals surface area contributed by atoms with Gasteiger partial charge in [-0.25, -0.2) is 0 Å². The van der Waals surface area contributed by atoms with E-state index in [1.807, 2.05) is 6.92 Å². The number of hydrogen-bond acceptors (Lipinski definition) is 3. The molecule has 0 aliphatic carbocycles. The number of benzene rings is 1. The van der Waals surface area contributed by atoms with Crippen LogP contribution in [-0.4, -0.2) is 16.8 Å². The standard InChI is InChI=1S/C14H12ClN3O2/c1-8-2-3-9(6-11(8)15)14(20)18-12-7-17-5-4-10(12)13(16)19/h2-7H,1H3,(H2,16,19)(H,18,20). The second kappa shape index (κ2) is 5.71. The van der Waals surface area contributed by atoms with E-state index in [9.17, 15) is 9.59 Å². The van der Waals surface area contributed by atoms with Gasteiger partial charge in [0.1, 0.15) is 0 Å². The number of carbonyl (C=O) groups is 2. The zero-order chi connectivity index (χ0) is 14.7. The summed E-state index contributed by atoms with van der Waals surface area (Å²) in [5, 5.41) is 3.09. The first-order valence-electron chi connectivity index (χ1n) is 5.80. The number of nitrogens with two attached hydrogens (primary N) is 1. The van der Waals surface area contributed by atoms with Crippen molar-refractivity contribution in [3.63, 3.8) is 0 Å². The largest absolute Gasteiger partial charge is 0.366 e. The molecule has 0 fully saturated rings. The van der Waals surface area contributed by atoms with Crippen molar-refractivity contribution in [3.05, 3.63) is 58.4 Å². The highest BCUT2D eigenvalue weighted by Crippen LogP contribution is 2.19. The average Bonchev–Trinajstić information content (AvgIpc) is 2.42. The van der Waals surface area contributed by atoms with E-state index in [-0.39, 0.29) is 17.2 Å². The predicted octanol–water partition coefficient (Wildman–Crippen LogP) is 2.39. The van der Waals surface area contributed by atoms with Gasteiger partial charge in [0.05, 0.1) is 17.4 Å². The number of carbonyl (C=O) groups excluding carboxylic acids is 2. The van der Waals surface area contributed by atoms with Crippen LogP contribution in [0.25, 0.3) is 0 Å². The lowest BCUT2D eigenvalue weighted by atomic mass is 10.1. The van der Waals surface area contributed by atoms with Gasteiger partial charge in [-0.2, -0.15) is 0 Å². The molecule has 0 atom stereocenters. The molecule has 0 radical (unpaired) electrons. The molecule has 1 heterocycles. The molecule has 0 saturated carbocycles. The molecule has 20 heavy (non-hydrogen) atoms. The molecule has 2 aromatic rings.